The Labute approximate surface area is 160 Å². The van der Waals surface area contributed by atoms with Gasteiger partial charge in [0, 0.05) is 30.1 Å². The first-order valence-electron chi connectivity index (χ1n) is 8.68. The van der Waals surface area contributed by atoms with E-state index in [0.29, 0.717) is 12.5 Å². The molecule has 1 saturated heterocycles. The van der Waals surface area contributed by atoms with Crippen LogP contribution in [0.3, 0.4) is 0 Å². The number of hydrogen-bond donors (Lipinski definition) is 1. The third kappa shape index (κ3) is 5.03. The molecule has 3 rings (SSSR count). The van der Waals surface area contributed by atoms with Crippen molar-refractivity contribution in [1.29, 1.82) is 0 Å². The number of piperidine rings is 1. The van der Waals surface area contributed by atoms with Crippen LogP contribution < -0.4 is 5.32 Å². The Morgan fingerprint density at radius 2 is 2.12 bits per heavy atom. The summed E-state index contributed by atoms with van der Waals surface area (Å²) in [6, 6.07) is 8.95. The first-order valence-corrected chi connectivity index (χ1v) is 9.56. The monoisotopic (exact) mass is 379 g/mol. The second kappa shape index (κ2) is 9.32. The number of aryl methyl sites for hydroxylation is 1. The highest BCUT2D eigenvalue weighted by atomic mass is 35.5. The molecule has 1 unspecified atom stereocenters. The zero-order valence-electron chi connectivity index (χ0n) is 14.8. The number of likely N-dealkylation sites (tertiary alicyclic amines) is 1. The second-order valence-corrected chi connectivity index (χ2v) is 7.20. The lowest BCUT2D eigenvalue weighted by atomic mass is 10.1. The maximum atomic E-state index is 12.5. The minimum absolute atomic E-state index is 0. The van der Waals surface area contributed by atoms with E-state index in [0.717, 1.165) is 48.6 Å². The van der Waals surface area contributed by atoms with Gasteiger partial charge in [0.25, 0.3) is 0 Å². The molecule has 0 aliphatic carbocycles. The number of amides is 1. The van der Waals surface area contributed by atoms with Crippen LogP contribution in [0, 0.1) is 0 Å². The molecule has 4 nitrogen and oxygen atoms in total. The number of nitrogens with one attached hydrogen (secondary N) is 1. The summed E-state index contributed by atoms with van der Waals surface area (Å²) in [5.41, 5.74) is 3.34. The molecule has 1 fully saturated rings. The van der Waals surface area contributed by atoms with Gasteiger partial charge < -0.3 is 10.2 Å². The van der Waals surface area contributed by atoms with Gasteiger partial charge in [0.2, 0.25) is 5.91 Å². The summed E-state index contributed by atoms with van der Waals surface area (Å²) >= 11 is 1.62. The van der Waals surface area contributed by atoms with Crippen LogP contribution in [0.15, 0.2) is 29.6 Å². The molecular weight excluding hydrogens is 354 g/mol. The Balaban J connectivity index is 0.00000225. The molecule has 1 N–H and O–H groups in total. The molecular formula is C19H26ClN3OS. The van der Waals surface area contributed by atoms with Crippen molar-refractivity contribution in [2.75, 3.05) is 20.1 Å². The number of likely N-dealkylation sites (N-methyl/N-ethyl adjacent to an activating group) is 1. The lowest BCUT2D eigenvalue weighted by Crippen LogP contribution is -2.47. The van der Waals surface area contributed by atoms with E-state index in [9.17, 15) is 4.79 Å². The molecule has 136 valence electrons. The second-order valence-electron chi connectivity index (χ2n) is 6.34. The van der Waals surface area contributed by atoms with Gasteiger partial charge >= 0.3 is 0 Å². The summed E-state index contributed by atoms with van der Waals surface area (Å²) in [4.78, 5) is 19.2. The Hall–Kier alpha value is -1.43. The number of carbonyl (C=O) groups excluding carboxylic acids is 1. The first kappa shape index (κ1) is 19.9. The molecule has 6 heteroatoms. The van der Waals surface area contributed by atoms with Crippen molar-refractivity contribution < 1.29 is 4.79 Å². The van der Waals surface area contributed by atoms with Crippen LogP contribution in [-0.2, 0) is 17.6 Å². The average molecular weight is 380 g/mol. The third-order valence-corrected chi connectivity index (χ3v) is 5.62. The van der Waals surface area contributed by atoms with Crippen LogP contribution in [0.2, 0.25) is 0 Å². The van der Waals surface area contributed by atoms with E-state index >= 15 is 0 Å². The summed E-state index contributed by atoms with van der Waals surface area (Å²) in [6.45, 7) is 3.83. The normalized spacial score (nSPS) is 17.2. The van der Waals surface area contributed by atoms with Gasteiger partial charge in [-0.2, -0.15) is 0 Å². The van der Waals surface area contributed by atoms with E-state index in [1.807, 2.05) is 17.3 Å². The van der Waals surface area contributed by atoms with E-state index in [4.69, 9.17) is 0 Å². The minimum Gasteiger partial charge on any atom is -0.341 e. The van der Waals surface area contributed by atoms with E-state index in [1.165, 1.54) is 5.56 Å². The summed E-state index contributed by atoms with van der Waals surface area (Å²) in [6.07, 6.45) is 3.67. The zero-order valence-corrected chi connectivity index (χ0v) is 16.5. The quantitative estimate of drug-likeness (QED) is 0.864. The van der Waals surface area contributed by atoms with Crippen LogP contribution in [-0.4, -0.2) is 42.0 Å². The molecule has 1 aromatic heterocycles. The predicted octanol–water partition coefficient (Wildman–Crippen LogP) is 3.55. The Bertz CT molecular complexity index is 686. The number of halogens is 1. The average Bonchev–Trinajstić information content (AvgIpc) is 3.10. The fourth-order valence-electron chi connectivity index (χ4n) is 3.11. The zero-order chi connectivity index (χ0) is 16.9. The first-order chi connectivity index (χ1) is 11.7. The molecule has 1 aliphatic rings. The van der Waals surface area contributed by atoms with Crippen LogP contribution >= 0.6 is 23.7 Å². The lowest BCUT2D eigenvalue weighted by Gasteiger charge is -2.32. The van der Waals surface area contributed by atoms with Gasteiger partial charge in [-0.25, -0.2) is 4.98 Å². The molecule has 1 amide bonds. The van der Waals surface area contributed by atoms with Gasteiger partial charge in [0.05, 0.1) is 12.1 Å². The Morgan fingerprint density at radius 3 is 2.80 bits per heavy atom. The molecule has 1 aromatic carbocycles. The van der Waals surface area contributed by atoms with Crippen molar-refractivity contribution in [3.05, 3.63) is 40.9 Å². The van der Waals surface area contributed by atoms with Crippen molar-refractivity contribution in [2.24, 2.45) is 0 Å². The van der Waals surface area contributed by atoms with Crippen molar-refractivity contribution in [3.63, 3.8) is 0 Å². The van der Waals surface area contributed by atoms with Gasteiger partial charge in [0.1, 0.15) is 5.01 Å². The van der Waals surface area contributed by atoms with Crippen molar-refractivity contribution in [1.82, 2.24) is 15.2 Å². The highest BCUT2D eigenvalue weighted by molar-refractivity contribution is 7.13. The molecule has 2 aromatic rings. The van der Waals surface area contributed by atoms with Crippen molar-refractivity contribution in [3.8, 4) is 10.6 Å². The number of benzene rings is 1. The highest BCUT2D eigenvalue weighted by Gasteiger charge is 2.23. The molecule has 1 atom stereocenters. The number of hydrogen-bond acceptors (Lipinski definition) is 4. The van der Waals surface area contributed by atoms with E-state index in [1.54, 1.807) is 11.3 Å². The van der Waals surface area contributed by atoms with Gasteiger partial charge in [-0.3, -0.25) is 4.79 Å². The fraction of sp³-hybridized carbons (Fsp3) is 0.474. The summed E-state index contributed by atoms with van der Waals surface area (Å²) < 4.78 is 0. The van der Waals surface area contributed by atoms with E-state index in [-0.39, 0.29) is 18.3 Å². The molecule has 1 aliphatic heterocycles. The third-order valence-electron chi connectivity index (χ3n) is 4.68. The smallest absolute Gasteiger partial charge is 0.228 e. The topological polar surface area (TPSA) is 45.2 Å². The fourth-order valence-corrected chi connectivity index (χ4v) is 3.94. The number of carbonyl (C=O) groups is 1. The van der Waals surface area contributed by atoms with Crippen molar-refractivity contribution >= 4 is 29.7 Å². The Morgan fingerprint density at radius 1 is 1.36 bits per heavy atom. The number of rotatable bonds is 5. The largest absolute Gasteiger partial charge is 0.341 e. The maximum absolute atomic E-state index is 12.5. The molecule has 2 heterocycles. The summed E-state index contributed by atoms with van der Waals surface area (Å²) in [5.74, 6) is 0.188. The van der Waals surface area contributed by atoms with E-state index < -0.39 is 0 Å². The Kier molecular flexibility index (Phi) is 7.41. The molecule has 0 bridgehead atoms. The van der Waals surface area contributed by atoms with Crippen LogP contribution in [0.5, 0.6) is 0 Å². The molecule has 0 saturated carbocycles. The SMILES string of the molecule is CCc1ccc(-c2nc(CC(=O)N3CCCC(NC)C3)cs2)cc1.Cl. The molecule has 25 heavy (non-hydrogen) atoms. The number of thiazole rings is 1. The highest BCUT2D eigenvalue weighted by Crippen LogP contribution is 2.24. The molecule has 0 spiro atoms. The van der Waals surface area contributed by atoms with Crippen LogP contribution in [0.1, 0.15) is 31.0 Å². The standard InChI is InChI=1S/C19H25N3OS.ClH/c1-3-14-6-8-15(9-7-14)19-21-17(13-24-19)11-18(23)22-10-4-5-16(12-22)20-2;/h6-9,13,16,20H,3-5,10-12H2,1-2H3;1H. The van der Waals surface area contributed by atoms with E-state index in [2.05, 4.69) is 41.5 Å². The van der Waals surface area contributed by atoms with Crippen LogP contribution in [0.25, 0.3) is 10.6 Å². The van der Waals surface area contributed by atoms with Gasteiger partial charge in [-0.05, 0) is 31.9 Å². The van der Waals surface area contributed by atoms with Gasteiger partial charge in [-0.1, -0.05) is 31.2 Å². The maximum Gasteiger partial charge on any atom is 0.228 e. The molecule has 0 radical (unpaired) electrons. The van der Waals surface area contributed by atoms with Crippen molar-refractivity contribution in [2.45, 2.75) is 38.6 Å². The van der Waals surface area contributed by atoms with Crippen LogP contribution in [0.4, 0.5) is 0 Å². The van der Waals surface area contributed by atoms with Gasteiger partial charge in [0.15, 0.2) is 0 Å². The number of aromatic nitrogens is 1. The number of nitrogens with zero attached hydrogens (tertiary/aromatic N) is 2. The minimum atomic E-state index is 0. The predicted molar refractivity (Wildman–Crippen MR) is 107 cm³/mol. The summed E-state index contributed by atoms with van der Waals surface area (Å²) in [5, 5.41) is 6.29. The van der Waals surface area contributed by atoms with Gasteiger partial charge in [-0.15, -0.1) is 23.7 Å². The summed E-state index contributed by atoms with van der Waals surface area (Å²) in [7, 11) is 1.97. The lowest BCUT2D eigenvalue weighted by molar-refractivity contribution is -0.131.